The third-order valence-corrected chi connectivity index (χ3v) is 8.67. The minimum Gasteiger partial charge on any atom is -0.477 e. The van der Waals surface area contributed by atoms with Gasteiger partial charge in [0.15, 0.2) is 0 Å². The summed E-state index contributed by atoms with van der Waals surface area (Å²) < 4.78 is 14.0. The molecule has 0 radical (unpaired) electrons. The Kier molecular flexibility index (Phi) is 8.41. The monoisotopic (exact) mass is 568 g/mol. The standard InChI is InChI=1S/C33H33N3O4S/c37-33(38)24-36-30-5-1-2-6-31(30)41-32(36)7-3-4-29(25-8-12-27(13-9-25)34-16-20-39-21-17-34)26-10-14-28(15-11-26)35-18-22-40-23-19-35/h1-15H,16-24H2/p+1. The Balaban J connectivity index is 1.33. The van der Waals surface area contributed by atoms with Crippen LogP contribution in [-0.4, -0.2) is 63.7 Å². The van der Waals surface area contributed by atoms with E-state index in [9.17, 15) is 9.90 Å². The van der Waals surface area contributed by atoms with E-state index in [0.717, 1.165) is 84.5 Å². The number of fused-ring (bicyclic) bond motifs is 1. The van der Waals surface area contributed by atoms with E-state index in [1.54, 1.807) is 11.3 Å². The molecule has 3 heterocycles. The Labute approximate surface area is 244 Å². The van der Waals surface area contributed by atoms with Crippen molar-refractivity contribution < 1.29 is 23.9 Å². The molecule has 2 aliphatic rings. The molecule has 41 heavy (non-hydrogen) atoms. The first-order chi connectivity index (χ1) is 20.2. The van der Waals surface area contributed by atoms with Crippen molar-refractivity contribution in [1.29, 1.82) is 0 Å². The van der Waals surface area contributed by atoms with Crippen LogP contribution in [0.4, 0.5) is 11.4 Å². The van der Waals surface area contributed by atoms with Gasteiger partial charge in [-0.1, -0.05) is 59.9 Å². The van der Waals surface area contributed by atoms with Gasteiger partial charge in [0.2, 0.25) is 12.1 Å². The molecule has 0 saturated carbocycles. The minimum atomic E-state index is -0.856. The molecule has 0 amide bonds. The molecule has 3 aromatic carbocycles. The minimum absolute atomic E-state index is 0.0771. The zero-order valence-electron chi connectivity index (χ0n) is 22.9. The fourth-order valence-corrected chi connectivity index (χ4v) is 6.48. The fraction of sp³-hybridized carbons (Fsp3) is 0.273. The number of rotatable bonds is 8. The number of carbonyl (C=O) groups is 1. The van der Waals surface area contributed by atoms with Crippen molar-refractivity contribution in [3.05, 3.63) is 101 Å². The summed E-state index contributed by atoms with van der Waals surface area (Å²) >= 11 is 1.60. The number of benzene rings is 3. The summed E-state index contributed by atoms with van der Waals surface area (Å²) in [7, 11) is 0. The number of carboxylic acid groups (broad SMARTS) is 1. The number of aromatic nitrogens is 1. The Hall–Kier alpha value is -3.98. The third kappa shape index (κ3) is 6.35. The molecule has 4 aromatic rings. The molecule has 8 heteroatoms. The van der Waals surface area contributed by atoms with Crippen molar-refractivity contribution in [2.24, 2.45) is 0 Å². The van der Waals surface area contributed by atoms with Gasteiger partial charge < -0.3 is 24.4 Å². The number of carboxylic acids is 1. The normalized spacial score (nSPS) is 15.9. The molecule has 1 aromatic heterocycles. The topological polar surface area (TPSA) is 66.1 Å². The molecule has 2 fully saturated rings. The van der Waals surface area contributed by atoms with Gasteiger partial charge in [0, 0.05) is 49.7 Å². The first-order valence-electron chi connectivity index (χ1n) is 14.0. The van der Waals surface area contributed by atoms with Gasteiger partial charge in [-0.2, -0.15) is 4.57 Å². The smallest absolute Gasteiger partial charge is 0.370 e. The quantitative estimate of drug-likeness (QED) is 0.236. The molecule has 0 aliphatic carbocycles. The van der Waals surface area contributed by atoms with Gasteiger partial charge in [0.1, 0.15) is 4.70 Å². The zero-order valence-corrected chi connectivity index (χ0v) is 23.8. The molecular formula is C33H34N3O4S+. The second-order valence-electron chi connectivity index (χ2n) is 10.1. The van der Waals surface area contributed by atoms with Crippen LogP contribution in [0.1, 0.15) is 16.1 Å². The lowest BCUT2D eigenvalue weighted by Crippen LogP contribution is -2.39. The third-order valence-electron chi connectivity index (χ3n) is 7.54. The Bertz CT molecular complexity index is 1480. The summed E-state index contributed by atoms with van der Waals surface area (Å²) in [6.45, 7) is 6.56. The van der Waals surface area contributed by atoms with E-state index in [4.69, 9.17) is 9.47 Å². The Morgan fingerprint density at radius 2 is 1.34 bits per heavy atom. The summed E-state index contributed by atoms with van der Waals surface area (Å²) in [6, 6.07) is 25.4. The van der Waals surface area contributed by atoms with Crippen LogP contribution in [0.2, 0.25) is 0 Å². The van der Waals surface area contributed by atoms with E-state index in [0.29, 0.717) is 0 Å². The largest absolute Gasteiger partial charge is 0.477 e. The van der Waals surface area contributed by atoms with Gasteiger partial charge in [-0.3, -0.25) is 0 Å². The van der Waals surface area contributed by atoms with E-state index in [1.807, 2.05) is 41.0 Å². The molecule has 210 valence electrons. The van der Waals surface area contributed by atoms with Crippen molar-refractivity contribution in [2.75, 3.05) is 62.4 Å². The number of anilines is 2. The van der Waals surface area contributed by atoms with Crippen molar-refractivity contribution in [2.45, 2.75) is 6.54 Å². The van der Waals surface area contributed by atoms with Gasteiger partial charge in [0.25, 0.3) is 5.01 Å². The maximum absolute atomic E-state index is 11.6. The number of aliphatic carboxylic acids is 1. The average molecular weight is 569 g/mol. The summed E-state index contributed by atoms with van der Waals surface area (Å²) in [4.78, 5) is 16.3. The highest BCUT2D eigenvalue weighted by atomic mass is 32.1. The van der Waals surface area contributed by atoms with E-state index < -0.39 is 5.97 Å². The number of morpholine rings is 2. The van der Waals surface area contributed by atoms with E-state index >= 15 is 0 Å². The Morgan fingerprint density at radius 3 is 1.88 bits per heavy atom. The summed E-state index contributed by atoms with van der Waals surface area (Å²) in [6.07, 6.45) is 6.17. The van der Waals surface area contributed by atoms with Gasteiger partial charge in [-0.15, -0.1) is 0 Å². The molecular weight excluding hydrogens is 534 g/mol. The fourth-order valence-electron chi connectivity index (χ4n) is 5.41. The van der Waals surface area contributed by atoms with E-state index in [-0.39, 0.29) is 6.54 Å². The molecule has 0 bridgehead atoms. The van der Waals surface area contributed by atoms with E-state index in [1.165, 1.54) is 11.4 Å². The lowest BCUT2D eigenvalue weighted by atomic mass is 9.96. The number of thiazole rings is 1. The maximum atomic E-state index is 11.6. The van der Waals surface area contributed by atoms with Gasteiger partial charge in [-0.25, -0.2) is 4.79 Å². The SMILES string of the molecule is O=C(O)C[n+]1c(/C=C/C=C(c2ccc(N3CCOCC3)cc2)c2ccc(N3CCOCC3)cc2)sc2ccccc21. The van der Waals surface area contributed by atoms with Crippen molar-refractivity contribution in [1.82, 2.24) is 0 Å². The van der Waals surface area contributed by atoms with Crippen molar-refractivity contribution >= 4 is 50.5 Å². The zero-order chi connectivity index (χ0) is 28.0. The molecule has 2 aliphatic heterocycles. The number of ether oxygens (including phenoxy) is 2. The van der Waals surface area contributed by atoms with Crippen LogP contribution >= 0.6 is 11.3 Å². The molecule has 6 rings (SSSR count). The second kappa shape index (κ2) is 12.7. The average Bonchev–Trinajstić information content (AvgIpc) is 3.37. The van der Waals surface area contributed by atoms with Crippen molar-refractivity contribution in [3.8, 4) is 0 Å². The van der Waals surface area contributed by atoms with Gasteiger partial charge in [-0.05, 0) is 47.0 Å². The number of nitrogens with zero attached hydrogens (tertiary/aromatic N) is 3. The highest BCUT2D eigenvalue weighted by molar-refractivity contribution is 7.18. The molecule has 1 N–H and O–H groups in total. The van der Waals surface area contributed by atoms with Crippen LogP contribution in [0.3, 0.4) is 0 Å². The van der Waals surface area contributed by atoms with Crippen LogP contribution < -0.4 is 14.4 Å². The first kappa shape index (κ1) is 27.2. The highest BCUT2D eigenvalue weighted by Crippen LogP contribution is 2.29. The number of allylic oxidation sites excluding steroid dienone is 2. The van der Waals surface area contributed by atoms with Crippen molar-refractivity contribution in [3.63, 3.8) is 0 Å². The second-order valence-corrected chi connectivity index (χ2v) is 11.2. The number of para-hydroxylation sites is 1. The number of hydrogen-bond acceptors (Lipinski definition) is 6. The van der Waals surface area contributed by atoms with Crippen LogP contribution in [0.25, 0.3) is 21.9 Å². The highest BCUT2D eigenvalue weighted by Gasteiger charge is 2.21. The molecule has 7 nitrogen and oxygen atoms in total. The van der Waals surface area contributed by atoms with Gasteiger partial charge >= 0.3 is 5.97 Å². The molecule has 0 atom stereocenters. The lowest BCUT2D eigenvalue weighted by Gasteiger charge is -2.29. The molecule has 0 spiro atoms. The first-order valence-corrected chi connectivity index (χ1v) is 14.9. The summed E-state index contributed by atoms with van der Waals surface area (Å²) in [5.74, 6) is -0.856. The lowest BCUT2D eigenvalue weighted by molar-refractivity contribution is -0.657. The summed E-state index contributed by atoms with van der Waals surface area (Å²) in [5, 5.41) is 10.4. The van der Waals surface area contributed by atoms with E-state index in [2.05, 4.69) is 64.4 Å². The number of hydrogen-bond donors (Lipinski definition) is 1. The molecule has 0 unspecified atom stereocenters. The van der Waals surface area contributed by atoms with Crippen LogP contribution in [0.5, 0.6) is 0 Å². The predicted octanol–water partition coefficient (Wildman–Crippen LogP) is 5.09. The predicted molar refractivity (Wildman–Crippen MR) is 165 cm³/mol. The Morgan fingerprint density at radius 1 is 0.805 bits per heavy atom. The van der Waals surface area contributed by atoms with Crippen LogP contribution in [0, 0.1) is 0 Å². The van der Waals surface area contributed by atoms with Crippen LogP contribution in [-0.2, 0) is 20.8 Å². The van der Waals surface area contributed by atoms with Gasteiger partial charge in [0.05, 0.1) is 26.4 Å². The molecule has 2 saturated heterocycles. The maximum Gasteiger partial charge on any atom is 0.370 e. The summed E-state index contributed by atoms with van der Waals surface area (Å²) in [5.41, 5.74) is 6.70. The van der Waals surface area contributed by atoms with Crippen LogP contribution in [0.15, 0.2) is 84.9 Å².